The molecule has 0 radical (unpaired) electrons. The Morgan fingerprint density at radius 2 is 1.38 bits per heavy atom. The molecule has 29 heavy (non-hydrogen) atoms. The Labute approximate surface area is 172 Å². The highest BCUT2D eigenvalue weighted by Gasteiger charge is 2.33. The van der Waals surface area contributed by atoms with E-state index in [4.69, 9.17) is 4.74 Å². The molecule has 3 rings (SSSR count). The van der Waals surface area contributed by atoms with Crippen LogP contribution >= 0.6 is 0 Å². The second-order valence-electron chi connectivity index (χ2n) is 6.84. The first kappa shape index (κ1) is 20.4. The Morgan fingerprint density at radius 1 is 0.862 bits per heavy atom. The predicted molar refractivity (Wildman–Crippen MR) is 116 cm³/mol. The van der Waals surface area contributed by atoms with Crippen LogP contribution in [-0.4, -0.2) is 26.2 Å². The van der Waals surface area contributed by atoms with Gasteiger partial charge in [-0.3, -0.25) is 4.79 Å². The second kappa shape index (κ2) is 10.3. The molecule has 0 bridgehead atoms. The molecule has 0 aliphatic carbocycles. The molecule has 0 aromatic heterocycles. The zero-order valence-electron chi connectivity index (χ0n) is 16.6. The lowest BCUT2D eigenvalue weighted by molar-refractivity contribution is -0.139. The molecule has 3 aromatic rings. The molecule has 3 heteroatoms. The Balaban J connectivity index is 1.99. The van der Waals surface area contributed by atoms with Crippen molar-refractivity contribution >= 4 is 5.97 Å². The minimum Gasteiger partial charge on any atom is -0.468 e. The fourth-order valence-corrected chi connectivity index (χ4v) is 3.42. The summed E-state index contributed by atoms with van der Waals surface area (Å²) in [5, 5.41) is 3.28. The molecule has 3 nitrogen and oxygen atoms in total. The molecule has 0 spiro atoms. The quantitative estimate of drug-likeness (QED) is 0.491. The Hall–Kier alpha value is -3.35. The molecule has 0 aliphatic heterocycles. The van der Waals surface area contributed by atoms with Gasteiger partial charge in [-0.1, -0.05) is 90.7 Å². The predicted octanol–water partition coefficient (Wildman–Crippen LogP) is 4.18. The molecule has 146 valence electrons. The van der Waals surface area contributed by atoms with Gasteiger partial charge in [0.05, 0.1) is 13.7 Å². The Bertz CT molecular complexity index is 918. The van der Waals surface area contributed by atoms with Crippen LogP contribution in [0.2, 0.25) is 0 Å². The van der Waals surface area contributed by atoms with Crippen molar-refractivity contribution < 1.29 is 9.53 Å². The van der Waals surface area contributed by atoms with Crippen LogP contribution in [0.4, 0.5) is 0 Å². The topological polar surface area (TPSA) is 38.3 Å². The summed E-state index contributed by atoms with van der Waals surface area (Å²) in [4.78, 5) is 11.7. The summed E-state index contributed by atoms with van der Waals surface area (Å²) < 4.78 is 4.79. The smallest absolute Gasteiger partial charge is 0.319 e. The van der Waals surface area contributed by atoms with Crippen molar-refractivity contribution in [3.8, 4) is 11.8 Å². The van der Waals surface area contributed by atoms with Gasteiger partial charge in [-0.25, -0.2) is 0 Å². The summed E-state index contributed by atoms with van der Waals surface area (Å²) in [5.74, 6) is 6.38. The number of nitrogens with one attached hydrogen (secondary N) is 1. The maximum atomic E-state index is 11.7. The number of methoxy groups -OCH3 is 1. The molecule has 0 amide bonds. The number of carbonyl (C=O) groups excluding carboxylic acids is 1. The van der Waals surface area contributed by atoms with E-state index in [9.17, 15) is 4.79 Å². The van der Waals surface area contributed by atoms with Crippen molar-refractivity contribution in [2.24, 2.45) is 0 Å². The highest BCUT2D eigenvalue weighted by atomic mass is 16.5. The van der Waals surface area contributed by atoms with E-state index in [1.54, 1.807) is 0 Å². The average molecular weight is 383 g/mol. The van der Waals surface area contributed by atoms with E-state index in [2.05, 4.69) is 41.4 Å². The molecule has 0 saturated heterocycles. The van der Waals surface area contributed by atoms with Gasteiger partial charge in [-0.05, 0) is 23.3 Å². The second-order valence-corrected chi connectivity index (χ2v) is 6.84. The standard InChI is InChI=1S/C26H25NO2/c1-29-25(28)20-27-21-26(23-15-7-3-8-16-23,24-17-9-4-10-18-24)19-11-14-22-12-5-2-6-13-22/h2-10,12-13,15-18,27H,19-21H2,1H3. The number of rotatable bonds is 7. The van der Waals surface area contributed by atoms with E-state index in [-0.39, 0.29) is 12.5 Å². The van der Waals surface area contributed by atoms with Crippen LogP contribution in [-0.2, 0) is 14.9 Å². The van der Waals surface area contributed by atoms with Gasteiger partial charge in [0.15, 0.2) is 0 Å². The van der Waals surface area contributed by atoms with Gasteiger partial charge < -0.3 is 10.1 Å². The van der Waals surface area contributed by atoms with Crippen LogP contribution in [0.1, 0.15) is 23.1 Å². The van der Waals surface area contributed by atoms with Gasteiger partial charge in [-0.15, -0.1) is 0 Å². The number of hydrogen-bond donors (Lipinski definition) is 1. The number of benzene rings is 3. The third kappa shape index (κ3) is 5.34. The zero-order chi connectivity index (χ0) is 20.4. The zero-order valence-corrected chi connectivity index (χ0v) is 16.6. The number of carbonyl (C=O) groups is 1. The van der Waals surface area contributed by atoms with Gasteiger partial charge in [0.1, 0.15) is 0 Å². The van der Waals surface area contributed by atoms with E-state index in [0.29, 0.717) is 13.0 Å². The molecule has 0 fully saturated rings. The molecule has 1 N–H and O–H groups in total. The van der Waals surface area contributed by atoms with E-state index in [1.165, 1.54) is 7.11 Å². The van der Waals surface area contributed by atoms with E-state index < -0.39 is 5.41 Å². The lowest BCUT2D eigenvalue weighted by Crippen LogP contribution is -2.41. The van der Waals surface area contributed by atoms with Gasteiger partial charge >= 0.3 is 5.97 Å². The van der Waals surface area contributed by atoms with Crippen molar-refractivity contribution in [3.63, 3.8) is 0 Å². The third-order valence-corrected chi connectivity index (χ3v) is 4.97. The molecular weight excluding hydrogens is 358 g/mol. The first-order valence-electron chi connectivity index (χ1n) is 9.67. The van der Waals surface area contributed by atoms with Crippen molar-refractivity contribution in [1.82, 2.24) is 5.32 Å². The summed E-state index contributed by atoms with van der Waals surface area (Å²) in [7, 11) is 1.40. The molecule has 0 saturated carbocycles. The van der Waals surface area contributed by atoms with Gasteiger partial charge in [-0.2, -0.15) is 0 Å². The van der Waals surface area contributed by atoms with Crippen molar-refractivity contribution in [1.29, 1.82) is 0 Å². The van der Waals surface area contributed by atoms with Crippen LogP contribution in [0.5, 0.6) is 0 Å². The molecular formula is C26H25NO2. The average Bonchev–Trinajstić information content (AvgIpc) is 2.80. The van der Waals surface area contributed by atoms with Crippen LogP contribution in [0.25, 0.3) is 0 Å². The van der Waals surface area contributed by atoms with Gasteiger partial charge in [0.2, 0.25) is 0 Å². The van der Waals surface area contributed by atoms with Crippen LogP contribution in [0.3, 0.4) is 0 Å². The summed E-state index contributed by atoms with van der Waals surface area (Å²) in [6.07, 6.45) is 0.615. The summed E-state index contributed by atoms with van der Waals surface area (Å²) >= 11 is 0. The summed E-state index contributed by atoms with van der Waals surface area (Å²) in [6, 6.07) is 30.7. The largest absolute Gasteiger partial charge is 0.468 e. The third-order valence-electron chi connectivity index (χ3n) is 4.97. The van der Waals surface area contributed by atoms with Crippen molar-refractivity contribution in [2.45, 2.75) is 11.8 Å². The lowest BCUT2D eigenvalue weighted by Gasteiger charge is -2.34. The number of esters is 1. The maximum absolute atomic E-state index is 11.7. The fourth-order valence-electron chi connectivity index (χ4n) is 3.42. The van der Waals surface area contributed by atoms with Crippen molar-refractivity contribution in [2.75, 3.05) is 20.2 Å². The lowest BCUT2D eigenvalue weighted by atomic mass is 9.72. The summed E-state index contributed by atoms with van der Waals surface area (Å²) in [5.41, 5.74) is 2.92. The number of hydrogen-bond acceptors (Lipinski definition) is 3. The Kier molecular flexibility index (Phi) is 7.22. The van der Waals surface area contributed by atoms with Crippen LogP contribution in [0, 0.1) is 11.8 Å². The normalized spacial score (nSPS) is 10.7. The first-order chi connectivity index (χ1) is 14.2. The number of ether oxygens (including phenoxy) is 1. The molecule has 0 heterocycles. The van der Waals surface area contributed by atoms with Crippen molar-refractivity contribution in [3.05, 3.63) is 108 Å². The molecule has 0 atom stereocenters. The van der Waals surface area contributed by atoms with Crippen LogP contribution < -0.4 is 5.32 Å². The first-order valence-corrected chi connectivity index (χ1v) is 9.67. The fraction of sp³-hybridized carbons (Fsp3) is 0.192. The minimum atomic E-state index is -0.391. The SMILES string of the molecule is COC(=O)CNCC(CC#Cc1ccccc1)(c1ccccc1)c1ccccc1. The van der Waals surface area contributed by atoms with E-state index in [1.807, 2.05) is 66.7 Å². The van der Waals surface area contributed by atoms with Gasteiger partial charge in [0, 0.05) is 23.9 Å². The summed E-state index contributed by atoms with van der Waals surface area (Å²) in [6.45, 7) is 0.726. The minimum absolute atomic E-state index is 0.157. The van der Waals surface area contributed by atoms with E-state index >= 15 is 0 Å². The Morgan fingerprint density at radius 3 is 1.90 bits per heavy atom. The van der Waals surface area contributed by atoms with Gasteiger partial charge in [0.25, 0.3) is 0 Å². The van der Waals surface area contributed by atoms with E-state index in [0.717, 1.165) is 16.7 Å². The monoisotopic (exact) mass is 383 g/mol. The highest BCUT2D eigenvalue weighted by molar-refractivity contribution is 5.71. The highest BCUT2D eigenvalue weighted by Crippen LogP contribution is 2.35. The molecule has 0 aliphatic rings. The molecule has 0 unspecified atom stereocenters. The molecule has 3 aromatic carbocycles. The van der Waals surface area contributed by atoms with Crippen LogP contribution in [0.15, 0.2) is 91.0 Å². The maximum Gasteiger partial charge on any atom is 0.319 e.